The van der Waals surface area contributed by atoms with Gasteiger partial charge in [-0.1, -0.05) is 13.0 Å². The fourth-order valence-corrected chi connectivity index (χ4v) is 1.54. The second-order valence-electron chi connectivity index (χ2n) is 2.66. The van der Waals surface area contributed by atoms with Crippen molar-refractivity contribution in [2.24, 2.45) is 5.73 Å². The molecule has 70 valence electrons. The maximum atomic E-state index is 10.6. The molecule has 2 amide bonds. The second kappa shape index (κ2) is 4.28. The number of carbonyl (C=O) groups is 1. The van der Waals surface area contributed by atoms with E-state index in [1.165, 1.54) is 5.56 Å². The van der Waals surface area contributed by atoms with Gasteiger partial charge in [-0.05, 0) is 40.0 Å². The Labute approximate surface area is 85.4 Å². The van der Waals surface area contributed by atoms with Crippen LogP contribution in [0.2, 0.25) is 0 Å². The van der Waals surface area contributed by atoms with Crippen LogP contribution in [0.25, 0.3) is 0 Å². The Hall–Kier alpha value is -1.03. The summed E-state index contributed by atoms with van der Waals surface area (Å²) in [6.45, 7) is 2.07. The third-order valence-corrected chi connectivity index (χ3v) is 2.36. The Morgan fingerprint density at radius 2 is 2.31 bits per heavy atom. The molecule has 0 heterocycles. The molecule has 0 aliphatic rings. The summed E-state index contributed by atoms with van der Waals surface area (Å²) >= 11 is 3.35. The maximum absolute atomic E-state index is 10.6. The monoisotopic (exact) mass is 242 g/mol. The molecule has 0 unspecified atom stereocenters. The molecule has 0 spiro atoms. The van der Waals surface area contributed by atoms with E-state index in [1.807, 2.05) is 18.2 Å². The summed E-state index contributed by atoms with van der Waals surface area (Å²) in [7, 11) is 0. The summed E-state index contributed by atoms with van der Waals surface area (Å²) in [5.41, 5.74) is 6.90. The largest absolute Gasteiger partial charge is 0.351 e. The van der Waals surface area contributed by atoms with Gasteiger partial charge < -0.3 is 11.1 Å². The minimum Gasteiger partial charge on any atom is -0.351 e. The van der Waals surface area contributed by atoms with Gasteiger partial charge in [0.15, 0.2) is 0 Å². The number of benzene rings is 1. The van der Waals surface area contributed by atoms with Crippen LogP contribution in [-0.2, 0) is 6.42 Å². The van der Waals surface area contributed by atoms with Gasteiger partial charge in [0.2, 0.25) is 0 Å². The number of rotatable bonds is 2. The van der Waals surface area contributed by atoms with E-state index >= 15 is 0 Å². The van der Waals surface area contributed by atoms with Crippen LogP contribution >= 0.6 is 15.9 Å². The van der Waals surface area contributed by atoms with Crippen LogP contribution in [0.5, 0.6) is 0 Å². The average Bonchev–Trinajstić information content (AvgIpc) is 2.08. The minimum absolute atomic E-state index is 0.551. The molecule has 0 bridgehead atoms. The first-order valence-corrected chi connectivity index (χ1v) is 4.77. The van der Waals surface area contributed by atoms with Gasteiger partial charge in [0.1, 0.15) is 0 Å². The summed E-state index contributed by atoms with van der Waals surface area (Å²) in [5, 5.41) is 2.52. The third-order valence-electron chi connectivity index (χ3n) is 1.70. The van der Waals surface area contributed by atoms with Gasteiger partial charge in [-0.25, -0.2) is 4.79 Å². The third kappa shape index (κ3) is 2.73. The molecule has 0 aliphatic heterocycles. The SMILES string of the molecule is CCc1ccc(NC(N)=O)c(Br)c1. The molecule has 0 saturated carbocycles. The zero-order valence-corrected chi connectivity index (χ0v) is 8.89. The lowest BCUT2D eigenvalue weighted by atomic mass is 10.1. The average molecular weight is 243 g/mol. The lowest BCUT2D eigenvalue weighted by Crippen LogP contribution is -2.19. The predicted octanol–water partition coefficient (Wildman–Crippen LogP) is 2.50. The molecule has 3 nitrogen and oxygen atoms in total. The fourth-order valence-electron chi connectivity index (χ4n) is 1.01. The van der Waals surface area contributed by atoms with Crippen molar-refractivity contribution in [3.05, 3.63) is 28.2 Å². The van der Waals surface area contributed by atoms with E-state index in [2.05, 4.69) is 28.2 Å². The summed E-state index contributed by atoms with van der Waals surface area (Å²) in [6, 6.07) is 5.19. The first kappa shape index (κ1) is 10.1. The zero-order chi connectivity index (χ0) is 9.84. The van der Waals surface area contributed by atoms with Crippen LogP contribution in [0, 0.1) is 0 Å². The van der Waals surface area contributed by atoms with Gasteiger partial charge in [-0.15, -0.1) is 0 Å². The van der Waals surface area contributed by atoms with Crippen LogP contribution < -0.4 is 11.1 Å². The molecule has 0 radical (unpaired) electrons. The highest BCUT2D eigenvalue weighted by atomic mass is 79.9. The minimum atomic E-state index is -0.551. The first-order chi connectivity index (χ1) is 6.13. The number of anilines is 1. The molecule has 13 heavy (non-hydrogen) atoms. The van der Waals surface area contributed by atoms with Crippen molar-refractivity contribution in [1.82, 2.24) is 0 Å². The molecule has 0 aliphatic carbocycles. The Morgan fingerprint density at radius 1 is 1.62 bits per heavy atom. The lowest BCUT2D eigenvalue weighted by Gasteiger charge is -2.05. The quantitative estimate of drug-likeness (QED) is 0.823. The number of halogens is 1. The number of hydrogen-bond acceptors (Lipinski definition) is 1. The van der Waals surface area contributed by atoms with Crippen molar-refractivity contribution >= 4 is 27.6 Å². The normalized spacial score (nSPS) is 9.69. The Morgan fingerprint density at radius 3 is 2.77 bits per heavy atom. The molecule has 0 atom stereocenters. The van der Waals surface area contributed by atoms with E-state index in [0.29, 0.717) is 5.69 Å². The standard InChI is InChI=1S/C9H11BrN2O/c1-2-6-3-4-8(7(10)5-6)12-9(11)13/h3-5H,2H2,1H3,(H3,11,12,13). The summed E-state index contributed by atoms with van der Waals surface area (Å²) in [4.78, 5) is 10.6. The van der Waals surface area contributed by atoms with Crippen LogP contribution in [0.3, 0.4) is 0 Å². The molecule has 0 aromatic heterocycles. The summed E-state index contributed by atoms with van der Waals surface area (Å²) in [6.07, 6.45) is 0.968. The van der Waals surface area contributed by atoms with Gasteiger partial charge in [0, 0.05) is 4.47 Å². The number of nitrogens with one attached hydrogen (secondary N) is 1. The number of carbonyl (C=O) groups excluding carboxylic acids is 1. The van der Waals surface area contributed by atoms with Crippen molar-refractivity contribution in [2.45, 2.75) is 13.3 Å². The van der Waals surface area contributed by atoms with Crippen molar-refractivity contribution in [3.63, 3.8) is 0 Å². The molecule has 1 aromatic carbocycles. The van der Waals surface area contributed by atoms with E-state index in [0.717, 1.165) is 10.9 Å². The van der Waals surface area contributed by atoms with Crippen LogP contribution in [0.15, 0.2) is 22.7 Å². The number of hydrogen-bond donors (Lipinski definition) is 2. The van der Waals surface area contributed by atoms with E-state index in [9.17, 15) is 4.79 Å². The van der Waals surface area contributed by atoms with Crippen LogP contribution in [-0.4, -0.2) is 6.03 Å². The van der Waals surface area contributed by atoms with Gasteiger partial charge in [-0.2, -0.15) is 0 Å². The Kier molecular flexibility index (Phi) is 3.31. The molecule has 0 fully saturated rings. The molecule has 1 rings (SSSR count). The Bertz CT molecular complexity index is 325. The zero-order valence-electron chi connectivity index (χ0n) is 7.30. The van der Waals surface area contributed by atoms with E-state index in [-0.39, 0.29) is 0 Å². The van der Waals surface area contributed by atoms with Crippen molar-refractivity contribution in [2.75, 3.05) is 5.32 Å². The molecule has 0 saturated heterocycles. The highest BCUT2D eigenvalue weighted by Gasteiger charge is 2.01. The Balaban J connectivity index is 2.91. The lowest BCUT2D eigenvalue weighted by molar-refractivity contribution is 0.259. The fraction of sp³-hybridized carbons (Fsp3) is 0.222. The number of aryl methyl sites for hydroxylation is 1. The maximum Gasteiger partial charge on any atom is 0.316 e. The highest BCUT2D eigenvalue weighted by Crippen LogP contribution is 2.23. The van der Waals surface area contributed by atoms with Crippen molar-refractivity contribution in [3.8, 4) is 0 Å². The van der Waals surface area contributed by atoms with E-state index in [4.69, 9.17) is 5.73 Å². The van der Waals surface area contributed by atoms with Gasteiger partial charge in [-0.3, -0.25) is 0 Å². The molecule has 1 aromatic rings. The molecular formula is C9H11BrN2O. The number of amides is 2. The number of primary amides is 1. The van der Waals surface area contributed by atoms with Crippen molar-refractivity contribution < 1.29 is 4.79 Å². The van der Waals surface area contributed by atoms with Crippen LogP contribution in [0.1, 0.15) is 12.5 Å². The van der Waals surface area contributed by atoms with Crippen molar-refractivity contribution in [1.29, 1.82) is 0 Å². The first-order valence-electron chi connectivity index (χ1n) is 3.98. The van der Waals surface area contributed by atoms with Gasteiger partial charge >= 0.3 is 6.03 Å². The molecular weight excluding hydrogens is 232 g/mol. The number of nitrogens with two attached hydrogens (primary N) is 1. The molecule has 3 N–H and O–H groups in total. The van der Waals surface area contributed by atoms with Gasteiger partial charge in [0.25, 0.3) is 0 Å². The smallest absolute Gasteiger partial charge is 0.316 e. The molecule has 4 heteroatoms. The number of urea groups is 1. The van der Waals surface area contributed by atoms with E-state index in [1.54, 1.807) is 0 Å². The van der Waals surface area contributed by atoms with Crippen LogP contribution in [0.4, 0.5) is 10.5 Å². The second-order valence-corrected chi connectivity index (χ2v) is 3.51. The highest BCUT2D eigenvalue weighted by molar-refractivity contribution is 9.10. The van der Waals surface area contributed by atoms with Gasteiger partial charge in [0.05, 0.1) is 5.69 Å². The summed E-state index contributed by atoms with van der Waals surface area (Å²) in [5.74, 6) is 0. The summed E-state index contributed by atoms with van der Waals surface area (Å²) < 4.78 is 0.852. The van der Waals surface area contributed by atoms with E-state index < -0.39 is 6.03 Å². The topological polar surface area (TPSA) is 55.1 Å². The predicted molar refractivity (Wildman–Crippen MR) is 56.7 cm³/mol.